The maximum Gasteiger partial charge on any atom is 0.226 e. The van der Waals surface area contributed by atoms with Crippen molar-refractivity contribution < 1.29 is 9.53 Å². The third-order valence-electron chi connectivity index (χ3n) is 5.06. The van der Waals surface area contributed by atoms with Gasteiger partial charge in [-0.15, -0.1) is 0 Å². The molecule has 0 bridgehead atoms. The van der Waals surface area contributed by atoms with Crippen molar-refractivity contribution in [3.05, 3.63) is 28.8 Å². The zero-order valence-corrected chi connectivity index (χ0v) is 16.9. The van der Waals surface area contributed by atoms with Crippen LogP contribution >= 0.6 is 0 Å². The third-order valence-corrected chi connectivity index (χ3v) is 5.06. The van der Waals surface area contributed by atoms with Gasteiger partial charge in [-0.2, -0.15) is 0 Å². The zero-order chi connectivity index (χ0) is 18.8. The standard InChI is InChI=1S/C21H34N2O2/c1-14-11-15(20(2,3)4)12-16-17(9-8-10-25-18(14)16)23-13-21(5,6)19(24)22-7/h11-12,17,23H,8-10,13H2,1-7H3,(H,22,24)/t17-/m1/s1. The molecule has 1 heterocycles. The van der Waals surface area contributed by atoms with Gasteiger partial charge in [0.15, 0.2) is 0 Å². The molecular formula is C21H34N2O2. The second-order valence-corrected chi connectivity index (χ2v) is 8.85. The average molecular weight is 347 g/mol. The maximum absolute atomic E-state index is 12.1. The summed E-state index contributed by atoms with van der Waals surface area (Å²) >= 11 is 0. The van der Waals surface area contributed by atoms with Crippen molar-refractivity contribution in [1.29, 1.82) is 0 Å². The summed E-state index contributed by atoms with van der Waals surface area (Å²) in [6, 6.07) is 4.75. The Bertz CT molecular complexity index is 630. The van der Waals surface area contributed by atoms with Crippen LogP contribution in [0.5, 0.6) is 5.75 Å². The molecule has 0 saturated carbocycles. The van der Waals surface area contributed by atoms with Gasteiger partial charge in [-0.25, -0.2) is 0 Å². The second kappa shape index (κ2) is 7.36. The first-order valence-electron chi connectivity index (χ1n) is 9.29. The Morgan fingerprint density at radius 3 is 2.52 bits per heavy atom. The molecule has 0 aliphatic carbocycles. The van der Waals surface area contributed by atoms with Crippen LogP contribution in [0.3, 0.4) is 0 Å². The van der Waals surface area contributed by atoms with Crippen LogP contribution in [0.25, 0.3) is 0 Å². The van der Waals surface area contributed by atoms with E-state index in [9.17, 15) is 4.79 Å². The molecule has 1 amide bonds. The molecular weight excluding hydrogens is 312 g/mol. The van der Waals surface area contributed by atoms with Gasteiger partial charge in [0.2, 0.25) is 5.91 Å². The van der Waals surface area contributed by atoms with E-state index in [4.69, 9.17) is 4.74 Å². The minimum absolute atomic E-state index is 0.0599. The summed E-state index contributed by atoms with van der Waals surface area (Å²) in [6.45, 7) is 14.2. The van der Waals surface area contributed by atoms with Crippen LogP contribution in [0.15, 0.2) is 12.1 Å². The van der Waals surface area contributed by atoms with Crippen LogP contribution in [0.1, 0.15) is 70.2 Å². The maximum atomic E-state index is 12.1. The first kappa shape index (κ1) is 19.8. The Morgan fingerprint density at radius 1 is 1.24 bits per heavy atom. The van der Waals surface area contributed by atoms with E-state index in [1.807, 2.05) is 13.8 Å². The van der Waals surface area contributed by atoms with Gasteiger partial charge in [-0.3, -0.25) is 4.79 Å². The molecule has 4 heteroatoms. The number of aryl methyl sites for hydroxylation is 1. The van der Waals surface area contributed by atoms with Gasteiger partial charge in [0.25, 0.3) is 0 Å². The van der Waals surface area contributed by atoms with Gasteiger partial charge in [-0.05, 0) is 56.2 Å². The second-order valence-electron chi connectivity index (χ2n) is 8.85. The third kappa shape index (κ3) is 4.55. The van der Waals surface area contributed by atoms with Crippen LogP contribution < -0.4 is 15.4 Å². The summed E-state index contributed by atoms with van der Waals surface area (Å²) < 4.78 is 6.06. The van der Waals surface area contributed by atoms with Crippen molar-refractivity contribution in [1.82, 2.24) is 10.6 Å². The molecule has 1 aliphatic rings. The SMILES string of the molecule is CNC(=O)C(C)(C)CN[C@@H]1CCCOc2c(C)cc(C(C)(C)C)cc21. The predicted octanol–water partition coefficient (Wildman–Crippen LogP) is 3.87. The summed E-state index contributed by atoms with van der Waals surface area (Å²) in [5, 5.41) is 6.40. The number of carbonyl (C=O) groups is 1. The lowest BCUT2D eigenvalue weighted by molar-refractivity contribution is -0.128. The fourth-order valence-corrected chi connectivity index (χ4v) is 3.32. The number of benzene rings is 1. The van der Waals surface area contributed by atoms with E-state index in [0.717, 1.165) is 25.2 Å². The van der Waals surface area contributed by atoms with Crippen molar-refractivity contribution >= 4 is 5.91 Å². The van der Waals surface area contributed by atoms with Crippen molar-refractivity contribution in [3.63, 3.8) is 0 Å². The summed E-state index contributed by atoms with van der Waals surface area (Å²) in [6.07, 6.45) is 2.03. The Kier molecular flexibility index (Phi) is 5.82. The molecule has 0 unspecified atom stereocenters. The first-order valence-corrected chi connectivity index (χ1v) is 9.29. The number of ether oxygens (including phenoxy) is 1. The monoisotopic (exact) mass is 346 g/mol. The van der Waals surface area contributed by atoms with Gasteiger partial charge in [-0.1, -0.05) is 26.8 Å². The Labute approximate surface area is 152 Å². The van der Waals surface area contributed by atoms with E-state index in [1.54, 1.807) is 7.05 Å². The van der Waals surface area contributed by atoms with Crippen LogP contribution in [-0.2, 0) is 10.2 Å². The fourth-order valence-electron chi connectivity index (χ4n) is 3.32. The topological polar surface area (TPSA) is 50.4 Å². The van der Waals surface area contributed by atoms with E-state index in [0.29, 0.717) is 6.54 Å². The van der Waals surface area contributed by atoms with Gasteiger partial charge in [0.05, 0.1) is 12.0 Å². The van der Waals surface area contributed by atoms with E-state index in [1.165, 1.54) is 16.7 Å². The molecule has 4 nitrogen and oxygen atoms in total. The molecule has 1 aliphatic heterocycles. The largest absolute Gasteiger partial charge is 0.493 e. The zero-order valence-electron chi connectivity index (χ0n) is 16.9. The predicted molar refractivity (Wildman–Crippen MR) is 103 cm³/mol. The molecule has 2 rings (SSSR count). The van der Waals surface area contributed by atoms with E-state index >= 15 is 0 Å². The van der Waals surface area contributed by atoms with Gasteiger partial charge in [0.1, 0.15) is 5.75 Å². The minimum Gasteiger partial charge on any atom is -0.493 e. The number of nitrogens with one attached hydrogen (secondary N) is 2. The number of carbonyl (C=O) groups excluding carboxylic acids is 1. The van der Waals surface area contributed by atoms with E-state index in [-0.39, 0.29) is 17.4 Å². The number of fused-ring (bicyclic) bond motifs is 1. The highest BCUT2D eigenvalue weighted by Crippen LogP contribution is 2.38. The van der Waals surface area contributed by atoms with Gasteiger partial charge in [0, 0.05) is 25.2 Å². The summed E-state index contributed by atoms with van der Waals surface area (Å²) in [5.41, 5.74) is 3.40. The highest BCUT2D eigenvalue weighted by Gasteiger charge is 2.30. The molecule has 0 saturated heterocycles. The highest BCUT2D eigenvalue weighted by molar-refractivity contribution is 5.81. The summed E-state index contributed by atoms with van der Waals surface area (Å²) in [4.78, 5) is 12.1. The van der Waals surface area contributed by atoms with Crippen LogP contribution in [0.2, 0.25) is 0 Å². The molecule has 25 heavy (non-hydrogen) atoms. The minimum atomic E-state index is -0.446. The van der Waals surface area contributed by atoms with Crippen molar-refractivity contribution in [2.24, 2.45) is 5.41 Å². The highest BCUT2D eigenvalue weighted by atomic mass is 16.5. The Hall–Kier alpha value is -1.55. The summed E-state index contributed by atoms with van der Waals surface area (Å²) in [5.74, 6) is 1.07. The molecule has 0 radical (unpaired) electrons. The van der Waals surface area contributed by atoms with Crippen molar-refractivity contribution in [2.45, 2.75) is 65.8 Å². The molecule has 1 atom stereocenters. The molecule has 1 aromatic carbocycles. The van der Waals surface area contributed by atoms with E-state index < -0.39 is 5.41 Å². The average Bonchev–Trinajstić information content (AvgIpc) is 2.74. The fraction of sp³-hybridized carbons (Fsp3) is 0.667. The van der Waals surface area contributed by atoms with Crippen LogP contribution in [0.4, 0.5) is 0 Å². The van der Waals surface area contributed by atoms with Crippen LogP contribution in [-0.4, -0.2) is 26.1 Å². The summed E-state index contributed by atoms with van der Waals surface area (Å²) in [7, 11) is 1.69. The lowest BCUT2D eigenvalue weighted by Gasteiger charge is -2.29. The first-order chi connectivity index (χ1) is 11.6. The van der Waals surface area contributed by atoms with Crippen molar-refractivity contribution in [2.75, 3.05) is 20.2 Å². The Morgan fingerprint density at radius 2 is 1.92 bits per heavy atom. The molecule has 0 spiro atoms. The molecule has 2 N–H and O–H groups in total. The van der Waals surface area contributed by atoms with E-state index in [2.05, 4.69) is 50.5 Å². The number of hydrogen-bond donors (Lipinski definition) is 2. The Balaban J connectivity index is 2.33. The number of rotatable bonds is 4. The van der Waals surface area contributed by atoms with Crippen LogP contribution in [0, 0.1) is 12.3 Å². The lowest BCUT2D eigenvalue weighted by Crippen LogP contribution is -2.43. The smallest absolute Gasteiger partial charge is 0.226 e. The quantitative estimate of drug-likeness (QED) is 0.870. The van der Waals surface area contributed by atoms with Gasteiger partial charge < -0.3 is 15.4 Å². The number of amides is 1. The molecule has 1 aromatic rings. The van der Waals surface area contributed by atoms with Crippen molar-refractivity contribution in [3.8, 4) is 5.75 Å². The molecule has 0 fully saturated rings. The molecule has 140 valence electrons. The van der Waals surface area contributed by atoms with Gasteiger partial charge >= 0.3 is 0 Å². The number of hydrogen-bond acceptors (Lipinski definition) is 3. The lowest BCUT2D eigenvalue weighted by atomic mass is 9.83. The normalized spacial score (nSPS) is 18.1. The molecule has 0 aromatic heterocycles.